The zero-order chi connectivity index (χ0) is 18.6. The van der Waals surface area contributed by atoms with E-state index in [1.807, 2.05) is 30.3 Å². The Balaban J connectivity index is 1.49. The van der Waals surface area contributed by atoms with E-state index < -0.39 is 0 Å². The highest BCUT2D eigenvalue weighted by molar-refractivity contribution is 6.04. The average molecular weight is 357 g/mol. The molecular weight excluding hydrogens is 334 g/mol. The molecule has 0 bridgehead atoms. The van der Waals surface area contributed by atoms with E-state index in [4.69, 9.17) is 0 Å². The lowest BCUT2D eigenvalue weighted by molar-refractivity contribution is 0.102. The van der Waals surface area contributed by atoms with Gasteiger partial charge in [-0.25, -0.2) is 4.98 Å². The second-order valence-corrected chi connectivity index (χ2v) is 6.85. The molecule has 2 heterocycles. The molecule has 4 rings (SSSR count). The number of carbonyl (C=O) groups excluding carboxylic acids is 1. The fraction of sp³-hybridized carbons (Fsp3) is 0.217. The number of hydrogen-bond donors (Lipinski definition) is 1. The highest BCUT2D eigenvalue weighted by Crippen LogP contribution is 2.23. The Morgan fingerprint density at radius 2 is 1.85 bits per heavy atom. The van der Waals surface area contributed by atoms with Crippen LogP contribution >= 0.6 is 0 Å². The van der Waals surface area contributed by atoms with Crippen LogP contribution in [0.4, 0.5) is 11.5 Å². The molecule has 0 spiro atoms. The molecule has 1 amide bonds. The molecule has 136 valence electrons. The van der Waals surface area contributed by atoms with Crippen LogP contribution in [-0.2, 0) is 19.4 Å². The van der Waals surface area contributed by atoms with E-state index in [-0.39, 0.29) is 5.91 Å². The number of amides is 1. The Bertz CT molecular complexity index is 950. The van der Waals surface area contributed by atoms with E-state index in [0.717, 1.165) is 37.4 Å². The van der Waals surface area contributed by atoms with E-state index in [1.165, 1.54) is 16.7 Å². The maximum atomic E-state index is 12.6. The Kier molecular flexibility index (Phi) is 4.88. The molecule has 4 nitrogen and oxygen atoms in total. The van der Waals surface area contributed by atoms with Gasteiger partial charge >= 0.3 is 0 Å². The molecule has 3 aromatic rings. The van der Waals surface area contributed by atoms with E-state index >= 15 is 0 Å². The Morgan fingerprint density at radius 3 is 2.63 bits per heavy atom. The molecule has 4 heteroatoms. The maximum absolute atomic E-state index is 12.6. The fourth-order valence-corrected chi connectivity index (χ4v) is 3.45. The molecule has 1 N–H and O–H groups in total. The van der Waals surface area contributed by atoms with Crippen LogP contribution in [0.25, 0.3) is 0 Å². The molecule has 27 heavy (non-hydrogen) atoms. The topological polar surface area (TPSA) is 45.2 Å². The second-order valence-electron chi connectivity index (χ2n) is 6.85. The molecule has 1 aromatic heterocycles. The summed E-state index contributed by atoms with van der Waals surface area (Å²) in [5, 5.41) is 2.97. The van der Waals surface area contributed by atoms with Crippen molar-refractivity contribution in [3.05, 3.63) is 89.1 Å². The van der Waals surface area contributed by atoms with Gasteiger partial charge in [0.2, 0.25) is 0 Å². The highest BCUT2D eigenvalue weighted by atomic mass is 16.1. The highest BCUT2D eigenvalue weighted by Gasteiger charge is 2.18. The van der Waals surface area contributed by atoms with Gasteiger partial charge in [0.1, 0.15) is 5.82 Å². The van der Waals surface area contributed by atoms with Crippen LogP contribution < -0.4 is 10.2 Å². The van der Waals surface area contributed by atoms with E-state index in [2.05, 4.69) is 46.4 Å². The number of rotatable bonds is 4. The Labute approximate surface area is 159 Å². The Hall–Kier alpha value is -3.14. The van der Waals surface area contributed by atoms with Crippen LogP contribution in [0.2, 0.25) is 0 Å². The van der Waals surface area contributed by atoms with Gasteiger partial charge < -0.3 is 10.2 Å². The molecule has 2 aromatic carbocycles. The summed E-state index contributed by atoms with van der Waals surface area (Å²) in [4.78, 5) is 19.4. The number of anilines is 2. The molecule has 0 saturated heterocycles. The van der Waals surface area contributed by atoms with Gasteiger partial charge in [0, 0.05) is 30.5 Å². The van der Waals surface area contributed by atoms with Crippen LogP contribution in [0.1, 0.15) is 34.0 Å². The number of nitrogens with one attached hydrogen (secondary N) is 1. The number of aromatic nitrogens is 1. The van der Waals surface area contributed by atoms with Crippen molar-refractivity contribution in [1.82, 2.24) is 4.98 Å². The number of fused-ring (bicyclic) bond motifs is 1. The molecule has 1 aliphatic rings. The molecule has 0 unspecified atom stereocenters. The smallest absolute Gasteiger partial charge is 0.255 e. The minimum absolute atomic E-state index is 0.111. The van der Waals surface area contributed by atoms with Crippen molar-refractivity contribution in [3.63, 3.8) is 0 Å². The predicted octanol–water partition coefficient (Wildman–Crippen LogP) is 4.46. The van der Waals surface area contributed by atoms with Gasteiger partial charge in [0.25, 0.3) is 5.91 Å². The van der Waals surface area contributed by atoms with Gasteiger partial charge in [0.05, 0.1) is 0 Å². The lowest BCUT2D eigenvalue weighted by Gasteiger charge is -2.29. The standard InChI is InChI=1S/C23H23N3O/c1-2-17-7-9-21(10-8-17)25-23(27)19-11-13-24-22(15-19)26-14-12-18-5-3-4-6-20(18)16-26/h3-11,13,15H,2,12,14,16H2,1H3,(H,25,27). The van der Waals surface area contributed by atoms with Crippen LogP contribution in [0, 0.1) is 0 Å². The maximum Gasteiger partial charge on any atom is 0.255 e. The van der Waals surface area contributed by atoms with Crippen molar-refractivity contribution < 1.29 is 4.79 Å². The largest absolute Gasteiger partial charge is 0.352 e. The van der Waals surface area contributed by atoms with Gasteiger partial charge in [-0.3, -0.25) is 4.79 Å². The summed E-state index contributed by atoms with van der Waals surface area (Å²) in [6.45, 7) is 3.85. The molecule has 0 atom stereocenters. The van der Waals surface area contributed by atoms with Crippen molar-refractivity contribution in [1.29, 1.82) is 0 Å². The van der Waals surface area contributed by atoms with Gasteiger partial charge in [-0.15, -0.1) is 0 Å². The first-order chi connectivity index (χ1) is 13.2. The van der Waals surface area contributed by atoms with Gasteiger partial charge in [0.15, 0.2) is 0 Å². The number of nitrogens with zero attached hydrogens (tertiary/aromatic N) is 2. The number of benzene rings is 2. The summed E-state index contributed by atoms with van der Waals surface area (Å²) >= 11 is 0. The van der Waals surface area contributed by atoms with Crippen LogP contribution in [0.15, 0.2) is 66.9 Å². The number of carbonyl (C=O) groups is 1. The normalized spacial score (nSPS) is 13.1. The zero-order valence-corrected chi connectivity index (χ0v) is 15.5. The second kappa shape index (κ2) is 7.62. The quantitative estimate of drug-likeness (QED) is 0.750. The number of hydrogen-bond acceptors (Lipinski definition) is 3. The van der Waals surface area contributed by atoms with E-state index in [1.54, 1.807) is 12.3 Å². The average Bonchev–Trinajstić information content (AvgIpc) is 2.74. The third kappa shape index (κ3) is 3.85. The third-order valence-electron chi connectivity index (χ3n) is 5.08. The summed E-state index contributed by atoms with van der Waals surface area (Å²) in [5.41, 5.74) is 5.42. The lowest BCUT2D eigenvalue weighted by atomic mass is 10.00. The minimum Gasteiger partial charge on any atom is -0.352 e. The summed E-state index contributed by atoms with van der Waals surface area (Å²) in [6, 6.07) is 20.1. The first-order valence-electron chi connectivity index (χ1n) is 9.41. The monoisotopic (exact) mass is 357 g/mol. The van der Waals surface area contributed by atoms with Crippen molar-refractivity contribution >= 4 is 17.4 Å². The zero-order valence-electron chi connectivity index (χ0n) is 15.5. The molecule has 0 aliphatic carbocycles. The van der Waals surface area contributed by atoms with E-state index in [0.29, 0.717) is 5.56 Å². The van der Waals surface area contributed by atoms with Crippen LogP contribution in [-0.4, -0.2) is 17.4 Å². The van der Waals surface area contributed by atoms with Crippen molar-refractivity contribution in [2.75, 3.05) is 16.8 Å². The SMILES string of the molecule is CCc1ccc(NC(=O)c2ccnc(N3CCc4ccccc4C3)c2)cc1. The molecule has 0 saturated carbocycles. The van der Waals surface area contributed by atoms with Crippen molar-refractivity contribution in [3.8, 4) is 0 Å². The van der Waals surface area contributed by atoms with E-state index in [9.17, 15) is 4.79 Å². The summed E-state index contributed by atoms with van der Waals surface area (Å²) in [6.07, 6.45) is 3.70. The molecule has 0 fully saturated rings. The fourth-order valence-electron chi connectivity index (χ4n) is 3.45. The van der Waals surface area contributed by atoms with Gasteiger partial charge in [-0.1, -0.05) is 43.3 Å². The first kappa shape index (κ1) is 17.3. The van der Waals surface area contributed by atoms with Gasteiger partial charge in [-0.05, 0) is 53.8 Å². The number of aryl methyl sites for hydroxylation is 1. The summed E-state index contributed by atoms with van der Waals surface area (Å²) in [5.74, 6) is 0.735. The molecule has 1 aliphatic heterocycles. The Morgan fingerprint density at radius 1 is 1.07 bits per heavy atom. The van der Waals surface area contributed by atoms with Crippen LogP contribution in [0.3, 0.4) is 0 Å². The minimum atomic E-state index is -0.111. The van der Waals surface area contributed by atoms with Gasteiger partial charge in [-0.2, -0.15) is 0 Å². The summed E-state index contributed by atoms with van der Waals surface area (Å²) in [7, 11) is 0. The first-order valence-corrected chi connectivity index (χ1v) is 9.41. The van der Waals surface area contributed by atoms with Crippen molar-refractivity contribution in [2.24, 2.45) is 0 Å². The third-order valence-corrected chi connectivity index (χ3v) is 5.08. The number of pyridine rings is 1. The predicted molar refractivity (Wildman–Crippen MR) is 109 cm³/mol. The summed E-state index contributed by atoms with van der Waals surface area (Å²) < 4.78 is 0. The lowest BCUT2D eigenvalue weighted by Crippen LogP contribution is -2.31. The molecule has 0 radical (unpaired) electrons. The van der Waals surface area contributed by atoms with Crippen molar-refractivity contribution in [2.45, 2.75) is 26.3 Å². The molecular formula is C23H23N3O. The van der Waals surface area contributed by atoms with Crippen LogP contribution in [0.5, 0.6) is 0 Å².